The van der Waals surface area contributed by atoms with Crippen LogP contribution in [0.5, 0.6) is 0 Å². The van der Waals surface area contributed by atoms with Gasteiger partial charge in [-0.2, -0.15) is 5.26 Å². The molecule has 2 aliphatic rings. The van der Waals surface area contributed by atoms with Crippen molar-refractivity contribution >= 4 is 23.1 Å². The molecule has 2 atom stereocenters. The summed E-state index contributed by atoms with van der Waals surface area (Å²) in [7, 11) is 0. The van der Waals surface area contributed by atoms with Gasteiger partial charge in [-0.05, 0) is 25.7 Å². The average molecular weight is 362 g/mol. The predicted octanol–water partition coefficient (Wildman–Crippen LogP) is 2.26. The van der Waals surface area contributed by atoms with Gasteiger partial charge < -0.3 is 15.2 Å². The summed E-state index contributed by atoms with van der Waals surface area (Å²) in [6.45, 7) is 3.02. The van der Waals surface area contributed by atoms with E-state index in [-0.39, 0.29) is 11.5 Å². The maximum Gasteiger partial charge on any atom is 0.241 e. The molecular formula is C17H20ClN5O2. The zero-order valence-corrected chi connectivity index (χ0v) is 14.8. The predicted molar refractivity (Wildman–Crippen MR) is 92.8 cm³/mol. The van der Waals surface area contributed by atoms with Crippen molar-refractivity contribution in [3.05, 3.63) is 22.5 Å². The Morgan fingerprint density at radius 1 is 1.56 bits per heavy atom. The van der Waals surface area contributed by atoms with E-state index in [1.165, 1.54) is 0 Å². The fourth-order valence-electron chi connectivity index (χ4n) is 3.63. The van der Waals surface area contributed by atoms with Crippen LogP contribution in [0, 0.1) is 11.3 Å². The first-order valence-electron chi connectivity index (χ1n) is 8.60. The minimum Gasteiger partial charge on any atom is -0.389 e. The van der Waals surface area contributed by atoms with Crippen LogP contribution in [0.3, 0.4) is 0 Å². The molecule has 8 heteroatoms. The summed E-state index contributed by atoms with van der Waals surface area (Å²) in [6, 6.07) is 2.09. The van der Waals surface area contributed by atoms with Crippen LogP contribution in [-0.2, 0) is 10.2 Å². The van der Waals surface area contributed by atoms with Gasteiger partial charge in [0.2, 0.25) is 5.95 Å². The molecule has 0 radical (unpaired) electrons. The molecule has 0 unspecified atom stereocenters. The van der Waals surface area contributed by atoms with Gasteiger partial charge in [0.1, 0.15) is 11.6 Å². The largest absolute Gasteiger partial charge is 0.389 e. The molecule has 0 spiro atoms. The first-order chi connectivity index (χ1) is 12.1. The molecule has 2 aromatic heterocycles. The van der Waals surface area contributed by atoms with Crippen LogP contribution in [0.25, 0.3) is 5.52 Å². The lowest BCUT2D eigenvalue weighted by molar-refractivity contribution is -0.0136. The van der Waals surface area contributed by atoms with Crippen LogP contribution in [0.1, 0.15) is 43.9 Å². The maximum absolute atomic E-state index is 10.0. The van der Waals surface area contributed by atoms with Gasteiger partial charge in [-0.1, -0.05) is 18.5 Å². The fourth-order valence-corrected chi connectivity index (χ4v) is 3.89. The number of hydrogen-bond acceptors (Lipinski definition) is 6. The van der Waals surface area contributed by atoms with Gasteiger partial charge in [0.15, 0.2) is 0 Å². The average Bonchev–Trinajstić information content (AvgIpc) is 3.36. The molecule has 25 heavy (non-hydrogen) atoms. The highest BCUT2D eigenvalue weighted by Crippen LogP contribution is 2.53. The number of ether oxygens (including phenoxy) is 1. The molecule has 3 heterocycles. The molecule has 1 aliphatic heterocycles. The van der Waals surface area contributed by atoms with Crippen LogP contribution in [0.4, 0.5) is 5.95 Å². The third kappa shape index (κ3) is 2.65. The number of hydrogen-bond donors (Lipinski definition) is 2. The smallest absolute Gasteiger partial charge is 0.241 e. The van der Waals surface area contributed by atoms with Crippen molar-refractivity contribution < 1.29 is 9.84 Å². The number of nitrogens with one attached hydrogen (secondary N) is 1. The van der Waals surface area contributed by atoms with Crippen molar-refractivity contribution in [1.29, 1.82) is 5.26 Å². The van der Waals surface area contributed by atoms with Gasteiger partial charge in [0, 0.05) is 12.0 Å². The summed E-state index contributed by atoms with van der Waals surface area (Å²) in [6.07, 6.45) is 4.73. The molecule has 0 aromatic carbocycles. The molecule has 7 nitrogen and oxygen atoms in total. The minimum atomic E-state index is -0.596. The number of fused-ring (bicyclic) bond motifs is 1. The number of rotatable bonds is 4. The van der Waals surface area contributed by atoms with E-state index >= 15 is 0 Å². The number of aromatic nitrogens is 3. The van der Waals surface area contributed by atoms with E-state index in [2.05, 4.69) is 28.4 Å². The van der Waals surface area contributed by atoms with Gasteiger partial charge in [-0.25, -0.2) is 9.50 Å². The molecule has 2 aromatic rings. The second kappa shape index (κ2) is 6.13. The highest BCUT2D eigenvalue weighted by Gasteiger charge is 2.47. The normalized spacial score (nSPS) is 24.9. The summed E-state index contributed by atoms with van der Waals surface area (Å²) in [5, 5.41) is 27.8. The lowest BCUT2D eigenvalue weighted by Crippen LogP contribution is -2.42. The Balaban J connectivity index is 1.77. The number of aliphatic hydroxyl groups is 1. The highest BCUT2D eigenvalue weighted by molar-refractivity contribution is 6.35. The van der Waals surface area contributed by atoms with E-state index in [1.54, 1.807) is 10.7 Å². The van der Waals surface area contributed by atoms with Crippen LogP contribution in [0.2, 0.25) is 5.02 Å². The number of anilines is 1. The standard InChI is InChI=1S/C17H20ClN5O2/c1-2-17(4-5-17)15-10(7-19)14(18)12-8-20-16(22-23(12)15)21-11-3-6-25-9-13(11)24/h8,11,13,24H,2-6,9H2,1H3,(H,21,22)/t11-,13-/m1/s1. The monoisotopic (exact) mass is 361 g/mol. The molecule has 1 saturated carbocycles. The second-order valence-electron chi connectivity index (χ2n) is 6.84. The minimum absolute atomic E-state index is 0.0229. The molecule has 4 rings (SSSR count). The van der Waals surface area contributed by atoms with Crippen molar-refractivity contribution in [3.8, 4) is 6.07 Å². The van der Waals surface area contributed by atoms with Crippen LogP contribution in [-0.4, -0.2) is 45.1 Å². The van der Waals surface area contributed by atoms with Crippen molar-refractivity contribution in [2.75, 3.05) is 18.5 Å². The summed E-state index contributed by atoms with van der Waals surface area (Å²) < 4.78 is 7.01. The van der Waals surface area contributed by atoms with E-state index < -0.39 is 6.10 Å². The van der Waals surface area contributed by atoms with E-state index in [0.29, 0.717) is 41.7 Å². The van der Waals surface area contributed by atoms with Crippen LogP contribution < -0.4 is 5.32 Å². The topological polar surface area (TPSA) is 95.5 Å². The zero-order chi connectivity index (χ0) is 17.6. The lowest BCUT2D eigenvalue weighted by atomic mass is 9.96. The zero-order valence-electron chi connectivity index (χ0n) is 14.0. The molecule has 2 N–H and O–H groups in total. The Labute approximate surface area is 150 Å². The van der Waals surface area contributed by atoms with Gasteiger partial charge in [-0.3, -0.25) is 0 Å². The molecule has 0 amide bonds. The molecular weight excluding hydrogens is 342 g/mol. The molecule has 1 aliphatic carbocycles. The Kier molecular flexibility index (Phi) is 4.07. The quantitative estimate of drug-likeness (QED) is 0.867. The van der Waals surface area contributed by atoms with E-state index in [9.17, 15) is 10.4 Å². The van der Waals surface area contributed by atoms with Gasteiger partial charge >= 0.3 is 0 Å². The summed E-state index contributed by atoms with van der Waals surface area (Å²) in [5.74, 6) is 0.419. The molecule has 0 bridgehead atoms. The number of aliphatic hydroxyl groups excluding tert-OH is 1. The fraction of sp³-hybridized carbons (Fsp3) is 0.588. The Hall–Kier alpha value is -1.88. The maximum atomic E-state index is 10.0. The molecule has 1 saturated heterocycles. The SMILES string of the molecule is CCC1(c2c(C#N)c(Cl)c3cnc(N[C@@H]4CCOC[C@H]4O)nn23)CC1. The van der Waals surface area contributed by atoms with Gasteiger partial charge in [-0.15, -0.1) is 5.10 Å². The van der Waals surface area contributed by atoms with Crippen molar-refractivity contribution in [2.45, 2.75) is 50.2 Å². The van der Waals surface area contributed by atoms with Crippen molar-refractivity contribution in [1.82, 2.24) is 14.6 Å². The first-order valence-corrected chi connectivity index (χ1v) is 8.97. The van der Waals surface area contributed by atoms with Gasteiger partial charge in [0.05, 0.1) is 41.2 Å². The number of nitrogens with zero attached hydrogens (tertiary/aromatic N) is 4. The van der Waals surface area contributed by atoms with E-state index in [4.69, 9.17) is 16.3 Å². The first kappa shape index (κ1) is 16.6. The summed E-state index contributed by atoms with van der Waals surface area (Å²) in [4.78, 5) is 4.32. The third-order valence-electron chi connectivity index (χ3n) is 5.41. The van der Waals surface area contributed by atoms with Crippen molar-refractivity contribution in [2.24, 2.45) is 0 Å². The molecule has 2 fully saturated rings. The third-order valence-corrected chi connectivity index (χ3v) is 5.79. The van der Waals surface area contributed by atoms with E-state index in [1.807, 2.05) is 0 Å². The number of halogens is 1. The highest BCUT2D eigenvalue weighted by atomic mass is 35.5. The Morgan fingerprint density at radius 2 is 2.36 bits per heavy atom. The Bertz CT molecular complexity index is 855. The summed E-state index contributed by atoms with van der Waals surface area (Å²) in [5.41, 5.74) is 2.00. The second-order valence-corrected chi connectivity index (χ2v) is 7.22. The van der Waals surface area contributed by atoms with Crippen LogP contribution in [0.15, 0.2) is 6.20 Å². The van der Waals surface area contributed by atoms with Crippen molar-refractivity contribution in [3.63, 3.8) is 0 Å². The summed E-state index contributed by atoms with van der Waals surface area (Å²) >= 11 is 6.42. The number of nitriles is 1. The van der Waals surface area contributed by atoms with E-state index in [0.717, 1.165) is 25.0 Å². The Morgan fingerprint density at radius 3 is 3.00 bits per heavy atom. The van der Waals surface area contributed by atoms with Gasteiger partial charge in [0.25, 0.3) is 0 Å². The molecule has 132 valence electrons. The lowest BCUT2D eigenvalue weighted by Gasteiger charge is -2.28. The van der Waals surface area contributed by atoms with Crippen LogP contribution >= 0.6 is 11.6 Å².